The number of thiophene rings is 1. The molecule has 0 unspecified atom stereocenters. The summed E-state index contributed by atoms with van der Waals surface area (Å²) in [5.74, 6) is 1.29. The minimum Gasteiger partial charge on any atom is -0.389 e. The van der Waals surface area contributed by atoms with Crippen LogP contribution in [0.5, 0.6) is 0 Å². The lowest BCUT2D eigenvalue weighted by molar-refractivity contribution is -0.131. The maximum atomic E-state index is 12.0. The Labute approximate surface area is 127 Å². The third kappa shape index (κ3) is 6.65. The zero-order valence-electron chi connectivity index (χ0n) is 11.5. The highest BCUT2D eigenvalue weighted by Crippen LogP contribution is 2.25. The number of nitrogens with zero attached hydrogens (tertiary/aromatic N) is 1. The Bertz CT molecular complexity index is 415. The topological polar surface area (TPSA) is 40.5 Å². The SMILES string of the molecule is CCN(CC(C)(C)O)C(=O)CSCc1ccc(Cl)s1. The standard InChI is InChI=1S/C13H20ClNO2S2/c1-4-15(9-13(2,3)17)12(16)8-18-7-10-5-6-11(14)19-10/h5-6,17H,4,7-9H2,1-3H3. The van der Waals surface area contributed by atoms with Gasteiger partial charge in [0.1, 0.15) is 0 Å². The fraction of sp³-hybridized carbons (Fsp3) is 0.615. The quantitative estimate of drug-likeness (QED) is 0.838. The van der Waals surface area contributed by atoms with Crippen molar-refractivity contribution in [1.82, 2.24) is 4.90 Å². The minimum absolute atomic E-state index is 0.0669. The molecule has 0 saturated heterocycles. The summed E-state index contributed by atoms with van der Waals surface area (Å²) in [4.78, 5) is 14.9. The summed E-state index contributed by atoms with van der Waals surface area (Å²) in [5.41, 5.74) is -0.850. The molecule has 1 rings (SSSR count). The molecular formula is C13H20ClNO2S2. The largest absolute Gasteiger partial charge is 0.389 e. The smallest absolute Gasteiger partial charge is 0.232 e. The Morgan fingerprint density at radius 2 is 2.21 bits per heavy atom. The molecule has 108 valence electrons. The van der Waals surface area contributed by atoms with E-state index in [1.807, 2.05) is 19.1 Å². The summed E-state index contributed by atoms with van der Waals surface area (Å²) >= 11 is 8.97. The molecule has 6 heteroatoms. The molecule has 0 radical (unpaired) electrons. The van der Waals surface area contributed by atoms with Crippen molar-refractivity contribution >= 4 is 40.6 Å². The third-order valence-corrected chi connectivity index (χ3v) is 4.79. The Balaban J connectivity index is 2.36. The van der Waals surface area contributed by atoms with Crippen molar-refractivity contribution in [3.8, 4) is 0 Å². The van der Waals surface area contributed by atoms with Crippen LogP contribution in [0.4, 0.5) is 0 Å². The molecular weight excluding hydrogens is 302 g/mol. The van der Waals surface area contributed by atoms with E-state index in [0.29, 0.717) is 18.8 Å². The van der Waals surface area contributed by atoms with Gasteiger partial charge in [-0.3, -0.25) is 4.79 Å². The van der Waals surface area contributed by atoms with Crippen LogP contribution in [0.3, 0.4) is 0 Å². The normalized spacial score (nSPS) is 11.6. The summed E-state index contributed by atoms with van der Waals surface area (Å²) in [6.07, 6.45) is 0. The predicted molar refractivity (Wildman–Crippen MR) is 84.0 cm³/mol. The van der Waals surface area contributed by atoms with E-state index < -0.39 is 5.60 Å². The van der Waals surface area contributed by atoms with Gasteiger partial charge in [-0.1, -0.05) is 11.6 Å². The maximum absolute atomic E-state index is 12.0. The van der Waals surface area contributed by atoms with Gasteiger partial charge >= 0.3 is 0 Å². The van der Waals surface area contributed by atoms with Crippen molar-refractivity contribution in [3.05, 3.63) is 21.3 Å². The number of thioether (sulfide) groups is 1. The van der Waals surface area contributed by atoms with E-state index in [4.69, 9.17) is 11.6 Å². The van der Waals surface area contributed by atoms with Crippen LogP contribution < -0.4 is 0 Å². The number of carbonyl (C=O) groups excluding carboxylic acids is 1. The van der Waals surface area contributed by atoms with E-state index in [-0.39, 0.29) is 5.91 Å². The lowest BCUT2D eigenvalue weighted by Crippen LogP contribution is -2.42. The number of rotatable bonds is 7. The summed E-state index contributed by atoms with van der Waals surface area (Å²) in [5, 5.41) is 9.76. The first kappa shape index (κ1) is 16.8. The molecule has 0 aliphatic rings. The highest BCUT2D eigenvalue weighted by atomic mass is 35.5. The van der Waals surface area contributed by atoms with Crippen molar-refractivity contribution < 1.29 is 9.90 Å². The van der Waals surface area contributed by atoms with Crippen LogP contribution in [0.1, 0.15) is 25.6 Å². The van der Waals surface area contributed by atoms with Crippen LogP contribution in [-0.4, -0.2) is 40.4 Å². The highest BCUT2D eigenvalue weighted by molar-refractivity contribution is 7.99. The van der Waals surface area contributed by atoms with Crippen molar-refractivity contribution in [1.29, 1.82) is 0 Å². The molecule has 1 aromatic rings. The second-order valence-corrected chi connectivity index (χ2v) is 7.70. The fourth-order valence-corrected chi connectivity index (χ4v) is 3.73. The Hall–Kier alpha value is -0.230. The number of amides is 1. The van der Waals surface area contributed by atoms with E-state index in [9.17, 15) is 9.90 Å². The van der Waals surface area contributed by atoms with Crippen LogP contribution in [0.2, 0.25) is 4.34 Å². The van der Waals surface area contributed by atoms with E-state index in [0.717, 1.165) is 10.1 Å². The number of likely N-dealkylation sites (N-methyl/N-ethyl adjacent to an activating group) is 1. The van der Waals surface area contributed by atoms with Gasteiger partial charge in [-0.05, 0) is 32.9 Å². The summed E-state index contributed by atoms with van der Waals surface area (Å²) in [6.45, 7) is 6.34. The van der Waals surface area contributed by atoms with Crippen molar-refractivity contribution in [2.45, 2.75) is 32.1 Å². The zero-order valence-corrected chi connectivity index (χ0v) is 13.9. The molecule has 1 aromatic heterocycles. The van der Waals surface area contributed by atoms with Crippen molar-refractivity contribution in [3.63, 3.8) is 0 Å². The molecule has 0 aromatic carbocycles. The van der Waals surface area contributed by atoms with Gasteiger partial charge in [0.25, 0.3) is 0 Å². The van der Waals surface area contributed by atoms with Crippen LogP contribution in [-0.2, 0) is 10.5 Å². The van der Waals surface area contributed by atoms with Gasteiger partial charge in [-0.25, -0.2) is 0 Å². The van der Waals surface area contributed by atoms with E-state index in [2.05, 4.69) is 0 Å². The molecule has 0 aliphatic heterocycles. The minimum atomic E-state index is -0.850. The van der Waals surface area contributed by atoms with Gasteiger partial charge in [-0.2, -0.15) is 0 Å². The van der Waals surface area contributed by atoms with Gasteiger partial charge in [-0.15, -0.1) is 23.1 Å². The number of hydrogen-bond donors (Lipinski definition) is 1. The molecule has 0 aliphatic carbocycles. The van der Waals surface area contributed by atoms with Crippen LogP contribution in [0.25, 0.3) is 0 Å². The van der Waals surface area contributed by atoms with Gasteiger partial charge in [0.05, 0.1) is 15.7 Å². The molecule has 1 N–H and O–H groups in total. The molecule has 1 amide bonds. The van der Waals surface area contributed by atoms with E-state index >= 15 is 0 Å². The molecule has 0 atom stereocenters. The van der Waals surface area contributed by atoms with Crippen LogP contribution in [0.15, 0.2) is 12.1 Å². The van der Waals surface area contributed by atoms with E-state index in [1.165, 1.54) is 4.88 Å². The molecule has 0 bridgehead atoms. The van der Waals surface area contributed by atoms with Gasteiger partial charge < -0.3 is 10.0 Å². The van der Waals surface area contributed by atoms with Crippen LogP contribution >= 0.6 is 34.7 Å². The summed E-state index contributed by atoms with van der Waals surface area (Å²) in [6, 6.07) is 3.86. The Morgan fingerprint density at radius 1 is 1.53 bits per heavy atom. The number of aliphatic hydroxyl groups is 1. The second-order valence-electron chi connectivity index (χ2n) is 4.92. The monoisotopic (exact) mass is 321 g/mol. The fourth-order valence-electron chi connectivity index (χ4n) is 1.60. The van der Waals surface area contributed by atoms with Gasteiger partial charge in [0.2, 0.25) is 5.91 Å². The predicted octanol–water partition coefficient (Wildman–Crippen LogP) is 3.25. The molecule has 0 fully saturated rings. The Kier molecular flexibility index (Phi) is 6.66. The third-order valence-electron chi connectivity index (χ3n) is 2.41. The average molecular weight is 322 g/mol. The number of halogens is 1. The molecule has 3 nitrogen and oxygen atoms in total. The summed E-state index contributed by atoms with van der Waals surface area (Å²) in [7, 11) is 0. The first-order chi connectivity index (χ1) is 8.81. The van der Waals surface area contributed by atoms with Crippen molar-refractivity contribution in [2.75, 3.05) is 18.8 Å². The average Bonchev–Trinajstić information content (AvgIpc) is 2.70. The molecule has 0 saturated carbocycles. The number of carbonyl (C=O) groups is 1. The number of hydrogen-bond acceptors (Lipinski definition) is 4. The zero-order chi connectivity index (χ0) is 14.5. The van der Waals surface area contributed by atoms with Crippen LogP contribution in [0, 0.1) is 0 Å². The molecule has 19 heavy (non-hydrogen) atoms. The highest BCUT2D eigenvalue weighted by Gasteiger charge is 2.20. The van der Waals surface area contributed by atoms with E-state index in [1.54, 1.807) is 41.8 Å². The second kappa shape index (κ2) is 7.53. The molecule has 0 spiro atoms. The maximum Gasteiger partial charge on any atom is 0.232 e. The van der Waals surface area contributed by atoms with Crippen molar-refractivity contribution in [2.24, 2.45) is 0 Å². The first-order valence-corrected chi connectivity index (χ1v) is 8.49. The molecule has 1 heterocycles. The van der Waals surface area contributed by atoms with Gasteiger partial charge in [0, 0.05) is 23.7 Å². The van der Waals surface area contributed by atoms with Gasteiger partial charge in [0.15, 0.2) is 0 Å². The summed E-state index contributed by atoms with van der Waals surface area (Å²) < 4.78 is 0.777. The first-order valence-electron chi connectivity index (χ1n) is 6.14. The lowest BCUT2D eigenvalue weighted by Gasteiger charge is -2.28. The Morgan fingerprint density at radius 3 is 2.68 bits per heavy atom. The lowest BCUT2D eigenvalue weighted by atomic mass is 10.1.